The maximum absolute atomic E-state index is 12.5. The van der Waals surface area contributed by atoms with E-state index >= 15 is 0 Å². The average molecular weight is 619 g/mol. The maximum atomic E-state index is 12.5. The largest absolute Gasteiger partial charge is 0.389 e. The van der Waals surface area contributed by atoms with Crippen LogP contribution in [0.1, 0.15) is 28.9 Å². The van der Waals surface area contributed by atoms with Crippen LogP contribution in [0.3, 0.4) is 0 Å². The molecule has 0 heterocycles. The maximum Gasteiger partial charge on any atom is 0.256 e. The summed E-state index contributed by atoms with van der Waals surface area (Å²) in [6.07, 6.45) is -0.628. The van der Waals surface area contributed by atoms with Crippen LogP contribution in [0, 0.1) is 10.7 Å². The van der Waals surface area contributed by atoms with Gasteiger partial charge in [0, 0.05) is 22.0 Å². The highest BCUT2D eigenvalue weighted by molar-refractivity contribution is 14.1. The number of anilines is 1. The Morgan fingerprint density at radius 1 is 1.19 bits per heavy atom. The van der Waals surface area contributed by atoms with Crippen molar-refractivity contribution < 1.29 is 9.90 Å². The quantitative estimate of drug-likeness (QED) is 0.384. The predicted octanol–water partition coefficient (Wildman–Crippen LogP) is 4.81. The average Bonchev–Trinajstić information content (AvgIpc) is 2.43. The Hall–Kier alpha value is 0.0600. The Balaban J connectivity index is 2.35. The molecule has 21 heavy (non-hydrogen) atoms. The smallest absolute Gasteiger partial charge is 0.256 e. The summed E-state index contributed by atoms with van der Waals surface area (Å²) >= 11 is 6.61. The molecule has 3 nitrogen and oxygen atoms in total. The number of halogens is 3. The van der Waals surface area contributed by atoms with Crippen molar-refractivity contribution in [3.63, 3.8) is 0 Å². The lowest BCUT2D eigenvalue weighted by Gasteiger charge is -2.14. The highest BCUT2D eigenvalue weighted by Crippen LogP contribution is 2.26. The number of nitrogens with one attached hydrogen (secondary N) is 1. The summed E-state index contributed by atoms with van der Waals surface area (Å²) in [5, 5.41) is 12.7. The van der Waals surface area contributed by atoms with E-state index in [0.717, 1.165) is 10.7 Å². The minimum atomic E-state index is -0.628. The molecule has 0 aliphatic rings. The first-order valence-corrected chi connectivity index (χ1v) is 9.36. The van der Waals surface area contributed by atoms with E-state index in [1.165, 1.54) is 0 Å². The van der Waals surface area contributed by atoms with Gasteiger partial charge in [-0.2, -0.15) is 0 Å². The second-order valence-electron chi connectivity index (χ2n) is 4.47. The number of hydrogen-bond acceptors (Lipinski definition) is 2. The van der Waals surface area contributed by atoms with Gasteiger partial charge in [-0.05, 0) is 92.9 Å². The zero-order chi connectivity index (χ0) is 15.6. The first-order chi connectivity index (χ1) is 9.90. The van der Waals surface area contributed by atoms with E-state index in [2.05, 4.69) is 73.1 Å². The fourth-order valence-corrected chi connectivity index (χ4v) is 4.29. The fraction of sp³-hybridized carbons (Fsp3) is 0.133. The molecule has 0 aromatic heterocycles. The molecule has 2 aromatic rings. The number of amides is 1. The van der Waals surface area contributed by atoms with Crippen LogP contribution >= 0.6 is 67.8 Å². The number of hydrogen-bond donors (Lipinski definition) is 2. The van der Waals surface area contributed by atoms with Gasteiger partial charge < -0.3 is 10.4 Å². The fourth-order valence-electron chi connectivity index (χ4n) is 1.89. The minimum Gasteiger partial charge on any atom is -0.389 e. The highest BCUT2D eigenvalue weighted by atomic mass is 127. The summed E-state index contributed by atoms with van der Waals surface area (Å²) in [4.78, 5) is 12.5. The second-order valence-corrected chi connectivity index (χ2v) is 7.95. The summed E-state index contributed by atoms with van der Waals surface area (Å²) in [5.41, 5.74) is 2.00. The van der Waals surface area contributed by atoms with E-state index in [4.69, 9.17) is 0 Å². The zero-order valence-corrected chi connectivity index (χ0v) is 17.5. The van der Waals surface area contributed by atoms with Gasteiger partial charge >= 0.3 is 0 Å². The second kappa shape index (κ2) is 7.55. The molecule has 2 aromatic carbocycles. The van der Waals surface area contributed by atoms with E-state index in [1.807, 2.05) is 30.3 Å². The first kappa shape index (κ1) is 17.4. The van der Waals surface area contributed by atoms with E-state index in [1.54, 1.807) is 13.0 Å². The van der Waals surface area contributed by atoms with Crippen molar-refractivity contribution in [3.05, 3.63) is 58.2 Å². The summed E-state index contributed by atoms with van der Waals surface area (Å²) in [6, 6.07) is 11.2. The van der Waals surface area contributed by atoms with Crippen LogP contribution in [0.2, 0.25) is 0 Å². The summed E-state index contributed by atoms with van der Waals surface area (Å²) in [6.45, 7) is 1.68. The van der Waals surface area contributed by atoms with Gasteiger partial charge in [0.25, 0.3) is 5.91 Å². The van der Waals surface area contributed by atoms with Gasteiger partial charge in [0.1, 0.15) is 0 Å². The molecule has 0 saturated carbocycles. The molecule has 1 unspecified atom stereocenters. The van der Waals surface area contributed by atoms with E-state index in [9.17, 15) is 9.90 Å². The van der Waals surface area contributed by atoms with Gasteiger partial charge in [0.05, 0.1) is 11.7 Å². The van der Waals surface area contributed by atoms with Crippen LogP contribution < -0.4 is 5.32 Å². The van der Waals surface area contributed by atoms with E-state index in [-0.39, 0.29) is 5.91 Å². The number of benzene rings is 2. The molecule has 0 saturated heterocycles. The molecular formula is C15H12I3NO2. The van der Waals surface area contributed by atoms with Gasteiger partial charge in [0.2, 0.25) is 0 Å². The van der Waals surface area contributed by atoms with Gasteiger partial charge in [-0.15, -0.1) is 0 Å². The van der Waals surface area contributed by atoms with Gasteiger partial charge in [-0.25, -0.2) is 0 Å². The molecule has 2 N–H and O–H groups in total. The first-order valence-electron chi connectivity index (χ1n) is 6.13. The molecule has 110 valence electrons. The molecule has 0 radical (unpaired) electrons. The van der Waals surface area contributed by atoms with E-state index in [0.29, 0.717) is 16.8 Å². The number of para-hydroxylation sites is 1. The van der Waals surface area contributed by atoms with Crippen LogP contribution in [-0.2, 0) is 0 Å². The standard InChI is InChI=1S/C15H12I3NO2/c1-8(20)10-4-2-3-5-13(10)19-15(21)11-6-9(16)7-12(17)14(11)18/h2-8,20H,1H3,(H,19,21). The van der Waals surface area contributed by atoms with Crippen molar-refractivity contribution >= 4 is 79.4 Å². The number of rotatable bonds is 3. The normalized spacial score (nSPS) is 12.0. The Kier molecular flexibility index (Phi) is 6.26. The van der Waals surface area contributed by atoms with Crippen LogP contribution in [0.25, 0.3) is 0 Å². The molecule has 0 aliphatic heterocycles. The van der Waals surface area contributed by atoms with Crippen LogP contribution in [0.5, 0.6) is 0 Å². The van der Waals surface area contributed by atoms with Crippen molar-refractivity contribution in [2.24, 2.45) is 0 Å². The lowest BCUT2D eigenvalue weighted by Crippen LogP contribution is -2.16. The molecule has 0 aliphatic carbocycles. The van der Waals surface area contributed by atoms with Gasteiger partial charge in [-0.1, -0.05) is 18.2 Å². The lowest BCUT2D eigenvalue weighted by molar-refractivity contribution is 0.102. The molecule has 1 amide bonds. The third-order valence-corrected chi connectivity index (χ3v) is 6.56. The Labute approximate surface area is 164 Å². The van der Waals surface area contributed by atoms with Crippen molar-refractivity contribution in [2.45, 2.75) is 13.0 Å². The molecule has 0 spiro atoms. The Bertz CT molecular complexity index is 687. The Morgan fingerprint density at radius 2 is 1.86 bits per heavy atom. The van der Waals surface area contributed by atoms with E-state index < -0.39 is 6.10 Å². The Morgan fingerprint density at radius 3 is 2.52 bits per heavy atom. The van der Waals surface area contributed by atoms with Crippen LogP contribution in [0.4, 0.5) is 5.69 Å². The molecular weight excluding hydrogens is 607 g/mol. The third kappa shape index (κ3) is 4.29. The van der Waals surface area contributed by atoms with Gasteiger partial charge in [0.15, 0.2) is 0 Å². The molecule has 6 heteroatoms. The SMILES string of the molecule is CC(O)c1ccccc1NC(=O)c1cc(I)cc(I)c1I. The highest BCUT2D eigenvalue weighted by Gasteiger charge is 2.16. The number of carbonyl (C=O) groups is 1. The number of aliphatic hydroxyl groups is 1. The van der Waals surface area contributed by atoms with Crippen molar-refractivity contribution in [3.8, 4) is 0 Å². The molecule has 0 fully saturated rings. The molecule has 2 rings (SSSR count). The van der Waals surface area contributed by atoms with Gasteiger partial charge in [-0.3, -0.25) is 4.79 Å². The zero-order valence-electron chi connectivity index (χ0n) is 11.0. The van der Waals surface area contributed by atoms with Crippen LogP contribution in [0.15, 0.2) is 36.4 Å². The monoisotopic (exact) mass is 619 g/mol. The summed E-state index contributed by atoms with van der Waals surface area (Å²) in [7, 11) is 0. The third-order valence-electron chi connectivity index (χ3n) is 2.90. The van der Waals surface area contributed by atoms with Crippen molar-refractivity contribution in [2.75, 3.05) is 5.32 Å². The topological polar surface area (TPSA) is 49.3 Å². The van der Waals surface area contributed by atoms with Crippen LogP contribution in [-0.4, -0.2) is 11.0 Å². The molecule has 0 bridgehead atoms. The summed E-state index contributed by atoms with van der Waals surface area (Å²) < 4.78 is 3.00. The lowest BCUT2D eigenvalue weighted by atomic mass is 10.1. The number of aliphatic hydroxyl groups excluding tert-OH is 1. The van der Waals surface area contributed by atoms with Crippen molar-refractivity contribution in [1.29, 1.82) is 0 Å². The molecule has 1 atom stereocenters. The minimum absolute atomic E-state index is 0.163. The van der Waals surface area contributed by atoms with Crippen molar-refractivity contribution in [1.82, 2.24) is 0 Å². The number of carbonyl (C=O) groups excluding carboxylic acids is 1. The summed E-state index contributed by atoms with van der Waals surface area (Å²) in [5.74, 6) is -0.163. The predicted molar refractivity (Wildman–Crippen MR) is 110 cm³/mol.